The zero-order valence-corrected chi connectivity index (χ0v) is 29.1. The zero-order valence-electron chi connectivity index (χ0n) is 23.1. The Morgan fingerprint density at radius 1 is 0.882 bits per heavy atom. The quantitative estimate of drug-likeness (QED) is 0.287. The molecule has 0 heterocycles. The van der Waals surface area contributed by atoms with Crippen molar-refractivity contribution in [3.05, 3.63) is 52.6 Å². The van der Waals surface area contributed by atoms with Gasteiger partial charge in [-0.2, -0.15) is 0 Å². The van der Waals surface area contributed by atoms with Crippen LogP contribution >= 0.6 is 17.0 Å². The van der Waals surface area contributed by atoms with Crippen molar-refractivity contribution in [2.24, 2.45) is 5.92 Å². The molecule has 1 atom stereocenters. The number of halogens is 2. The number of fused-ring (bicyclic) bond motifs is 1. The molecule has 0 saturated carbocycles. The third kappa shape index (κ3) is 6.13. The molecule has 2 aromatic carbocycles. The molecular weight excluding hydrogens is 567 g/mol. The van der Waals surface area contributed by atoms with Crippen molar-refractivity contribution in [2.45, 2.75) is 89.4 Å². The molecule has 34 heavy (non-hydrogen) atoms. The van der Waals surface area contributed by atoms with Gasteiger partial charge in [0.25, 0.3) is 0 Å². The van der Waals surface area contributed by atoms with E-state index in [1.54, 1.807) is 10.4 Å². The van der Waals surface area contributed by atoms with Crippen molar-refractivity contribution in [2.75, 3.05) is 0 Å². The van der Waals surface area contributed by atoms with Gasteiger partial charge in [-0.3, -0.25) is 0 Å². The van der Waals surface area contributed by atoms with Gasteiger partial charge in [0.05, 0.1) is 0 Å². The molecule has 1 unspecified atom stereocenters. The summed E-state index contributed by atoms with van der Waals surface area (Å²) in [6, 6.07) is 12.3. The van der Waals surface area contributed by atoms with Crippen LogP contribution in [-0.4, -0.2) is 16.1 Å². The first-order valence-electron chi connectivity index (χ1n) is 12.6. The Hall–Kier alpha value is 0.0769. The number of hydrogen-bond acceptors (Lipinski definition) is 0. The minimum atomic E-state index is -2.56. The van der Waals surface area contributed by atoms with E-state index in [0.29, 0.717) is 5.92 Å². The maximum absolute atomic E-state index is 6.82. The number of allylic oxidation sites excluding steroid dienone is 1. The van der Waals surface area contributed by atoms with Crippen molar-refractivity contribution in [1.29, 1.82) is 0 Å². The predicted octanol–water partition coefficient (Wildman–Crippen LogP) is 9.15. The van der Waals surface area contributed by atoms with Crippen molar-refractivity contribution < 1.29 is 19.4 Å². The Morgan fingerprint density at radius 2 is 1.41 bits per heavy atom. The number of rotatable bonds is 6. The molecule has 0 radical (unpaired) electrons. The summed E-state index contributed by atoms with van der Waals surface area (Å²) in [5, 5.41) is 3.12. The minimum absolute atomic E-state index is 0.0481. The molecule has 0 aromatic heterocycles. The first-order valence-corrected chi connectivity index (χ1v) is 27.4. The van der Waals surface area contributed by atoms with Crippen LogP contribution in [0.3, 0.4) is 0 Å². The normalized spacial score (nSPS) is 16.6. The molecule has 0 spiro atoms. The van der Waals surface area contributed by atoms with Crippen LogP contribution in [0.15, 0.2) is 35.9 Å². The van der Waals surface area contributed by atoms with Gasteiger partial charge in [-0.05, 0) is 0 Å². The Balaban J connectivity index is 2.43. The second-order valence-corrected chi connectivity index (χ2v) is 32.5. The Morgan fingerprint density at radius 3 is 1.82 bits per heavy atom. The fourth-order valence-electron chi connectivity index (χ4n) is 4.99. The number of benzene rings is 2. The average molecular weight is 610 g/mol. The summed E-state index contributed by atoms with van der Waals surface area (Å²) in [5.74, 6) is 0.596. The summed E-state index contributed by atoms with van der Waals surface area (Å²) >= 11 is -2.56. The summed E-state index contributed by atoms with van der Waals surface area (Å²) in [6.45, 7) is 26.4. The molecule has 0 fully saturated rings. The van der Waals surface area contributed by atoms with Crippen molar-refractivity contribution in [3.8, 4) is 11.1 Å². The Labute approximate surface area is 226 Å². The second kappa shape index (κ2) is 10.1. The predicted molar refractivity (Wildman–Crippen MR) is 158 cm³/mol. The van der Waals surface area contributed by atoms with E-state index in [9.17, 15) is 0 Å². The van der Waals surface area contributed by atoms with Crippen molar-refractivity contribution >= 4 is 49.6 Å². The van der Waals surface area contributed by atoms with Gasteiger partial charge < -0.3 is 0 Å². The standard InChI is InChI=1S/C29H43Si2.2ClH.Zr/c1-20(2)14-21-15-22-12-13-27(29(3,4)5)28(26(22)16-21)23-17-24(30(6,7)8)19-25(18-23)31(9,10)11;;;/h12-13,15-20H,14H2,1-11H3;2*1H;/q;;;+2/p-2. The molecule has 3 rings (SSSR count). The maximum atomic E-state index is 6.82. The monoisotopic (exact) mass is 607 g/mol. The van der Waals surface area contributed by atoms with Crippen LogP contribution in [0.1, 0.15) is 61.4 Å². The van der Waals surface area contributed by atoms with Gasteiger partial charge in [-0.1, -0.05) is 0 Å². The van der Waals surface area contributed by atoms with Crippen LogP contribution < -0.4 is 10.4 Å². The molecule has 0 aliphatic heterocycles. The fourth-order valence-corrected chi connectivity index (χ4v) is 12.9. The van der Waals surface area contributed by atoms with Gasteiger partial charge in [0.1, 0.15) is 0 Å². The van der Waals surface area contributed by atoms with Crippen LogP contribution in [0.4, 0.5) is 0 Å². The van der Waals surface area contributed by atoms with E-state index >= 15 is 0 Å². The Bertz CT molecular complexity index is 1060. The van der Waals surface area contributed by atoms with Gasteiger partial charge in [0.2, 0.25) is 0 Å². The summed E-state index contributed by atoms with van der Waals surface area (Å²) in [7, 11) is 10.7. The summed E-state index contributed by atoms with van der Waals surface area (Å²) in [4.78, 5) is 0. The van der Waals surface area contributed by atoms with E-state index < -0.39 is 35.5 Å². The average Bonchev–Trinajstić information content (AvgIpc) is 3.01. The zero-order chi connectivity index (χ0) is 25.8. The molecule has 0 bridgehead atoms. The van der Waals surface area contributed by atoms with E-state index in [-0.39, 0.29) is 9.04 Å². The molecule has 0 amide bonds. The van der Waals surface area contributed by atoms with E-state index in [4.69, 9.17) is 17.0 Å². The topological polar surface area (TPSA) is 0 Å². The van der Waals surface area contributed by atoms with Crippen LogP contribution in [-0.2, 0) is 24.8 Å². The molecule has 0 saturated heterocycles. The van der Waals surface area contributed by atoms with Gasteiger partial charge in [-0.25, -0.2) is 0 Å². The van der Waals surface area contributed by atoms with Gasteiger partial charge >= 0.3 is 228 Å². The molecule has 1 aliphatic carbocycles. The van der Waals surface area contributed by atoms with Crippen LogP contribution in [0.2, 0.25) is 39.3 Å². The molecule has 5 heteroatoms. The van der Waals surface area contributed by atoms with E-state index in [0.717, 1.165) is 6.42 Å². The molecule has 2 aromatic rings. The summed E-state index contributed by atoms with van der Waals surface area (Å²) in [6.07, 6.45) is 3.55. The number of hydrogen-bond donors (Lipinski definition) is 0. The molecule has 0 nitrogen and oxygen atoms in total. The third-order valence-electron chi connectivity index (χ3n) is 6.91. The first kappa shape index (κ1) is 28.6. The van der Waals surface area contributed by atoms with Crippen molar-refractivity contribution in [3.63, 3.8) is 0 Å². The second-order valence-electron chi connectivity index (χ2n) is 13.6. The summed E-state index contributed by atoms with van der Waals surface area (Å²) < 4.78 is 0.271. The molecule has 1 aliphatic rings. The van der Waals surface area contributed by atoms with E-state index in [1.807, 2.05) is 0 Å². The van der Waals surface area contributed by atoms with Gasteiger partial charge in [-0.15, -0.1) is 0 Å². The van der Waals surface area contributed by atoms with Gasteiger partial charge in [0.15, 0.2) is 0 Å². The third-order valence-corrected chi connectivity index (χ3v) is 16.3. The van der Waals surface area contributed by atoms with E-state index in [2.05, 4.69) is 110 Å². The van der Waals surface area contributed by atoms with Crippen LogP contribution in [0.5, 0.6) is 0 Å². The van der Waals surface area contributed by atoms with Crippen LogP contribution in [0.25, 0.3) is 17.2 Å². The fraction of sp³-hybridized carbons (Fsp3) is 0.517. The van der Waals surface area contributed by atoms with E-state index in [1.165, 1.54) is 33.4 Å². The molecule has 185 valence electrons. The van der Waals surface area contributed by atoms with Gasteiger partial charge in [0, 0.05) is 0 Å². The Kier molecular flexibility index (Phi) is 8.50. The molecular formula is C29H43Cl2Si2Zr. The molecule has 0 N–H and O–H groups in total. The van der Waals surface area contributed by atoms with Crippen LogP contribution in [0, 0.1) is 5.92 Å². The SMILES string of the molecule is CC(C)CC1=Cc2c(ccc(C(C)(C)C)c2-c2cc([Si](C)(C)C)cc([Si](C)(C)C)c2)[CH]1[Zr]([Cl])[Cl]. The van der Waals surface area contributed by atoms with Crippen molar-refractivity contribution in [1.82, 2.24) is 0 Å². The first-order chi connectivity index (χ1) is 15.4. The summed E-state index contributed by atoms with van der Waals surface area (Å²) in [5.41, 5.74) is 8.53.